The summed E-state index contributed by atoms with van der Waals surface area (Å²) in [4.78, 5) is 4.20. The van der Waals surface area contributed by atoms with E-state index in [1.54, 1.807) is 12.4 Å². The lowest BCUT2D eigenvalue weighted by Gasteiger charge is -2.46. The Balaban J connectivity index is 0.000000323. The molecule has 0 aliphatic rings. The van der Waals surface area contributed by atoms with Gasteiger partial charge in [0.15, 0.2) is 12.7 Å². The van der Waals surface area contributed by atoms with Crippen LogP contribution in [0.1, 0.15) is 50.1 Å². The molecule has 7 aromatic carbocycles. The molecule has 0 radical (unpaired) electrons. The summed E-state index contributed by atoms with van der Waals surface area (Å²) in [6, 6.07) is 15.9. The van der Waals surface area contributed by atoms with Crippen LogP contribution in [0.2, 0.25) is 0 Å². The van der Waals surface area contributed by atoms with Gasteiger partial charge in [0, 0.05) is 5.56 Å². The number of nitrogens with zero attached hydrogens (tertiary/aromatic N) is 2. The zero-order chi connectivity index (χ0) is 60.1. The van der Waals surface area contributed by atoms with Crippen LogP contribution in [0, 0.1) is 0 Å². The highest BCUT2D eigenvalue weighted by Gasteiger charge is 2.47. The average molecular weight is 1180 g/mol. The van der Waals surface area contributed by atoms with Crippen LogP contribution in [0.4, 0.5) is 105 Å². The van der Waals surface area contributed by atoms with Gasteiger partial charge in [0.25, 0.3) is 0 Å². The predicted octanol–water partition coefficient (Wildman–Crippen LogP) is 15.6. The van der Waals surface area contributed by atoms with Crippen LogP contribution in [0.25, 0.3) is 10.8 Å². The van der Waals surface area contributed by atoms with Crippen LogP contribution >= 0.6 is 0 Å². The Kier molecular flexibility index (Phi) is 16.1. The van der Waals surface area contributed by atoms with Crippen molar-refractivity contribution in [2.75, 3.05) is 0 Å². The summed E-state index contributed by atoms with van der Waals surface area (Å²) in [5.41, 5.74) is -29.0. The number of fused-ring (bicyclic) bond motifs is 1. The summed E-state index contributed by atoms with van der Waals surface area (Å²) in [5.74, 6) is 1.53. The van der Waals surface area contributed by atoms with Crippen molar-refractivity contribution in [2.45, 2.75) is 56.0 Å². The maximum absolute atomic E-state index is 14.2. The number of hydrogen-bond donors (Lipinski definition) is 0. The molecule has 3 nitrogen and oxygen atoms in total. The topological polar surface area (TPSA) is 26.0 Å². The SMILES string of the molecule is FC(F)(F)c1cc([B-](c2cc(C(F)(F)F)cc(C(F)(F)F)c2)(c2cc(C(F)(F)F)cc(C(F)(F)F)c2)c2cc(C(F)(F)F)cc(C(F)(F)F)c2)cc(C(F)(F)F)c1.c1ccc(C[n+]2ccncc2Oc2ccc3ccccc3c2)cc1. The zero-order valence-corrected chi connectivity index (χ0v) is 39.7. The van der Waals surface area contributed by atoms with Crippen LogP contribution in [-0.2, 0) is 56.0 Å². The molecule has 1 aromatic heterocycles. The molecule has 0 aliphatic carbocycles. The molecular weight excluding hydrogens is 1150 g/mol. The molecule has 8 aromatic rings. The van der Waals surface area contributed by atoms with Gasteiger partial charge in [-0.1, -0.05) is 109 Å². The minimum Gasteiger partial charge on any atom is -0.404 e. The van der Waals surface area contributed by atoms with E-state index in [0.717, 1.165) is 23.6 Å². The quantitative estimate of drug-likeness (QED) is 0.0861. The van der Waals surface area contributed by atoms with Crippen molar-refractivity contribution in [3.8, 4) is 11.6 Å². The Morgan fingerprint density at radius 1 is 0.346 bits per heavy atom. The first-order valence-electron chi connectivity index (χ1n) is 22.5. The van der Waals surface area contributed by atoms with Crippen LogP contribution < -0.4 is 31.2 Å². The Morgan fingerprint density at radius 2 is 0.654 bits per heavy atom. The number of alkyl halides is 24. The maximum atomic E-state index is 14.2. The smallest absolute Gasteiger partial charge is 0.404 e. The Hall–Kier alpha value is -7.94. The van der Waals surface area contributed by atoms with Gasteiger partial charge in [0.05, 0.1) is 50.7 Å². The second-order valence-electron chi connectivity index (χ2n) is 17.9. The van der Waals surface area contributed by atoms with Gasteiger partial charge in [0.1, 0.15) is 18.1 Å². The summed E-state index contributed by atoms with van der Waals surface area (Å²) >= 11 is 0. The van der Waals surface area contributed by atoms with Crippen LogP contribution in [0.5, 0.6) is 11.6 Å². The molecule has 0 bridgehead atoms. The predicted molar refractivity (Wildman–Crippen MR) is 244 cm³/mol. The molecule has 1 heterocycles. The van der Waals surface area contributed by atoms with Crippen molar-refractivity contribution in [3.63, 3.8) is 0 Å². The Morgan fingerprint density at radius 3 is 0.975 bits per heavy atom. The monoisotopic (exact) mass is 1180 g/mol. The molecule has 28 heteroatoms. The molecule has 0 spiro atoms. The lowest BCUT2D eigenvalue weighted by atomic mass is 9.12. The van der Waals surface area contributed by atoms with Gasteiger partial charge in [-0.15, -0.1) is 0 Å². The molecule has 0 fully saturated rings. The molecule has 0 N–H and O–H groups in total. The van der Waals surface area contributed by atoms with E-state index >= 15 is 0 Å². The molecule has 0 amide bonds. The Bertz CT molecular complexity index is 3120. The van der Waals surface area contributed by atoms with Gasteiger partial charge in [-0.25, -0.2) is 4.98 Å². The highest BCUT2D eigenvalue weighted by molar-refractivity contribution is 7.20. The molecular formula is C53H29BF24N2O. The molecule has 81 heavy (non-hydrogen) atoms. The van der Waals surface area contributed by atoms with E-state index in [-0.39, 0.29) is 0 Å². The largest absolute Gasteiger partial charge is 0.416 e. The van der Waals surface area contributed by atoms with Crippen molar-refractivity contribution in [2.24, 2.45) is 0 Å². The number of aromatic nitrogens is 2. The normalized spacial score (nSPS) is 13.2. The van der Waals surface area contributed by atoms with Gasteiger partial charge in [-0.2, -0.15) is 132 Å². The standard InChI is InChI=1S/C32H12BF24.C21H17N2O/c34-25(35,36)13-1-14(26(37,38)39)6-21(5-13)33(22-7-15(27(40,41)42)2-16(8-22)28(43,44)45,23-9-17(29(46,47)48)3-18(10-23)30(49,50)51)24-11-19(31(52,53)54)4-20(12-24)32(55,56)57;1-2-6-17(7-3-1)16-23-13-12-22-15-21(23)24-20-11-10-18-8-4-5-9-19(18)14-20/h1-12H;1-15H,16H2/q-1;+1. The number of halogens is 24. The average Bonchev–Trinajstić information content (AvgIpc) is 3.57. The van der Waals surface area contributed by atoms with E-state index in [1.165, 1.54) is 10.9 Å². The molecule has 0 aliphatic heterocycles. The molecule has 8 rings (SSSR count). The van der Waals surface area contributed by atoms with E-state index in [1.807, 2.05) is 42.6 Å². The molecule has 0 unspecified atom stereocenters. The van der Waals surface area contributed by atoms with Crippen molar-refractivity contribution in [1.82, 2.24) is 4.98 Å². The van der Waals surface area contributed by atoms with Crippen molar-refractivity contribution in [3.05, 3.63) is 214 Å². The van der Waals surface area contributed by atoms with E-state index in [9.17, 15) is 105 Å². The second kappa shape index (κ2) is 21.5. The van der Waals surface area contributed by atoms with E-state index < -0.39 is 195 Å². The summed E-state index contributed by atoms with van der Waals surface area (Å²) in [6.07, 6.45) is -49.4. The lowest BCUT2D eigenvalue weighted by molar-refractivity contribution is -0.692. The number of hydrogen-bond acceptors (Lipinski definition) is 2. The number of ether oxygens (including phenoxy) is 1. The van der Waals surface area contributed by atoms with Crippen LogP contribution in [0.3, 0.4) is 0 Å². The van der Waals surface area contributed by atoms with E-state index in [4.69, 9.17) is 4.74 Å². The first kappa shape index (κ1) is 60.7. The molecule has 0 atom stereocenters. The lowest BCUT2D eigenvalue weighted by Crippen LogP contribution is -2.75. The highest BCUT2D eigenvalue weighted by Crippen LogP contribution is 2.42. The van der Waals surface area contributed by atoms with Crippen molar-refractivity contribution >= 4 is 38.8 Å². The fourth-order valence-corrected chi connectivity index (χ4v) is 8.79. The third-order valence-electron chi connectivity index (χ3n) is 12.4. The van der Waals surface area contributed by atoms with Crippen LogP contribution in [0.15, 0.2) is 164 Å². The zero-order valence-electron chi connectivity index (χ0n) is 39.7. The summed E-state index contributed by atoms with van der Waals surface area (Å²) < 4.78 is 349. The third-order valence-corrected chi connectivity index (χ3v) is 12.4. The fourth-order valence-electron chi connectivity index (χ4n) is 8.79. The maximum Gasteiger partial charge on any atom is 0.416 e. The third kappa shape index (κ3) is 14.0. The minimum absolute atomic E-state index is 0.691. The second-order valence-corrected chi connectivity index (χ2v) is 17.9. The van der Waals surface area contributed by atoms with Gasteiger partial charge in [-0.3, -0.25) is 0 Å². The first-order chi connectivity index (χ1) is 37.1. The Labute approximate surface area is 439 Å². The summed E-state index contributed by atoms with van der Waals surface area (Å²) in [7, 11) is 0. The van der Waals surface area contributed by atoms with Crippen LogP contribution in [-0.4, -0.2) is 11.1 Å². The number of benzene rings is 7. The van der Waals surface area contributed by atoms with Gasteiger partial charge in [0.2, 0.25) is 0 Å². The minimum atomic E-state index is -6.13. The first-order valence-corrected chi connectivity index (χ1v) is 22.5. The van der Waals surface area contributed by atoms with Crippen molar-refractivity contribution < 1.29 is 115 Å². The van der Waals surface area contributed by atoms with Gasteiger partial charge >= 0.3 is 55.3 Å². The summed E-state index contributed by atoms with van der Waals surface area (Å²) in [6.45, 7) is 0.742. The highest BCUT2D eigenvalue weighted by atomic mass is 19.4. The fraction of sp³-hybridized carbons (Fsp3) is 0.170. The molecule has 0 saturated carbocycles. The van der Waals surface area contributed by atoms with Gasteiger partial charge in [-0.05, 0) is 47.2 Å². The van der Waals surface area contributed by atoms with Gasteiger partial charge < -0.3 is 4.74 Å². The van der Waals surface area contributed by atoms with E-state index in [2.05, 4.69) is 45.9 Å². The van der Waals surface area contributed by atoms with Crippen molar-refractivity contribution in [1.29, 1.82) is 0 Å². The number of rotatable bonds is 8. The van der Waals surface area contributed by atoms with E-state index in [0.29, 0.717) is 0 Å². The molecule has 0 saturated heterocycles. The molecule has 428 valence electrons. The summed E-state index contributed by atoms with van der Waals surface area (Å²) in [5, 5.41) is 2.36.